The quantitative estimate of drug-likeness (QED) is 0.808. The first-order chi connectivity index (χ1) is 10.7. The number of aromatic nitrogens is 3. The average Bonchev–Trinajstić information content (AvgIpc) is 2.89. The topological polar surface area (TPSA) is 59.8 Å². The minimum Gasteiger partial charge on any atom is -0.306 e. The number of carbonyl (C=O) groups is 1. The van der Waals surface area contributed by atoms with Gasteiger partial charge in [-0.1, -0.05) is 18.2 Å². The van der Waals surface area contributed by atoms with E-state index in [-0.39, 0.29) is 5.56 Å². The first-order valence-electron chi connectivity index (χ1n) is 6.67. The number of halogens is 1. The first kappa shape index (κ1) is 13.9. The van der Waals surface area contributed by atoms with Crippen LogP contribution < -0.4 is 5.32 Å². The Balaban J connectivity index is 1.95. The second kappa shape index (κ2) is 5.77. The van der Waals surface area contributed by atoms with Gasteiger partial charge in [0.05, 0.1) is 23.6 Å². The van der Waals surface area contributed by atoms with Crippen molar-refractivity contribution in [1.82, 2.24) is 14.8 Å². The van der Waals surface area contributed by atoms with E-state index in [2.05, 4.69) is 15.4 Å². The molecular formula is C16H13FN4O. The molecule has 6 heteroatoms. The van der Waals surface area contributed by atoms with E-state index in [4.69, 9.17) is 0 Å². The zero-order valence-electron chi connectivity index (χ0n) is 11.8. The number of aryl methyl sites for hydroxylation is 1. The second-order valence-electron chi connectivity index (χ2n) is 4.73. The SMILES string of the molecule is Cc1cnn(-c2ccccc2)c1NC(=O)c1ccncc1F. The fraction of sp³-hybridized carbons (Fsp3) is 0.0625. The summed E-state index contributed by atoms with van der Waals surface area (Å²) in [6, 6.07) is 10.7. The van der Waals surface area contributed by atoms with E-state index in [9.17, 15) is 9.18 Å². The van der Waals surface area contributed by atoms with Gasteiger partial charge in [-0.2, -0.15) is 5.10 Å². The third-order valence-corrected chi connectivity index (χ3v) is 3.20. The number of carbonyl (C=O) groups excluding carboxylic acids is 1. The Bertz CT molecular complexity index is 814. The summed E-state index contributed by atoms with van der Waals surface area (Å²) in [6.07, 6.45) is 4.03. The van der Waals surface area contributed by atoms with Gasteiger partial charge in [0.15, 0.2) is 5.82 Å². The van der Waals surface area contributed by atoms with Crippen LogP contribution in [-0.4, -0.2) is 20.7 Å². The van der Waals surface area contributed by atoms with Crippen molar-refractivity contribution in [1.29, 1.82) is 0 Å². The van der Waals surface area contributed by atoms with Gasteiger partial charge in [-0.05, 0) is 25.1 Å². The van der Waals surface area contributed by atoms with Crippen LogP contribution in [0, 0.1) is 12.7 Å². The van der Waals surface area contributed by atoms with Crippen molar-refractivity contribution in [3.8, 4) is 5.69 Å². The summed E-state index contributed by atoms with van der Waals surface area (Å²) in [5.74, 6) is -0.698. The van der Waals surface area contributed by atoms with Crippen LogP contribution in [-0.2, 0) is 0 Å². The summed E-state index contributed by atoms with van der Waals surface area (Å²) in [5.41, 5.74) is 1.53. The first-order valence-corrected chi connectivity index (χ1v) is 6.67. The highest BCUT2D eigenvalue weighted by atomic mass is 19.1. The van der Waals surface area contributed by atoms with E-state index in [0.29, 0.717) is 5.82 Å². The number of benzene rings is 1. The average molecular weight is 296 g/mol. The highest BCUT2D eigenvalue weighted by Gasteiger charge is 2.16. The van der Waals surface area contributed by atoms with Gasteiger partial charge < -0.3 is 5.32 Å². The summed E-state index contributed by atoms with van der Waals surface area (Å²) < 4.78 is 15.3. The van der Waals surface area contributed by atoms with E-state index in [1.165, 1.54) is 12.3 Å². The fourth-order valence-electron chi connectivity index (χ4n) is 2.08. The molecular weight excluding hydrogens is 283 g/mol. The third kappa shape index (κ3) is 2.58. The normalized spacial score (nSPS) is 10.5. The molecule has 1 N–H and O–H groups in total. The fourth-order valence-corrected chi connectivity index (χ4v) is 2.08. The van der Waals surface area contributed by atoms with Gasteiger partial charge in [-0.3, -0.25) is 9.78 Å². The molecule has 0 fully saturated rings. The van der Waals surface area contributed by atoms with E-state index in [1.807, 2.05) is 37.3 Å². The minimum absolute atomic E-state index is 0.0600. The zero-order valence-corrected chi connectivity index (χ0v) is 11.8. The number of anilines is 1. The third-order valence-electron chi connectivity index (χ3n) is 3.20. The van der Waals surface area contributed by atoms with Gasteiger partial charge in [0.1, 0.15) is 5.82 Å². The molecule has 0 aliphatic heterocycles. The smallest absolute Gasteiger partial charge is 0.259 e. The molecule has 0 atom stereocenters. The van der Waals surface area contributed by atoms with Gasteiger partial charge in [-0.25, -0.2) is 9.07 Å². The van der Waals surface area contributed by atoms with E-state index in [0.717, 1.165) is 17.4 Å². The molecule has 0 spiro atoms. The molecule has 3 rings (SSSR count). The van der Waals surface area contributed by atoms with E-state index >= 15 is 0 Å². The van der Waals surface area contributed by atoms with Crippen molar-refractivity contribution < 1.29 is 9.18 Å². The molecule has 5 nitrogen and oxygen atoms in total. The van der Waals surface area contributed by atoms with Crippen molar-refractivity contribution >= 4 is 11.7 Å². The molecule has 0 radical (unpaired) electrons. The number of amides is 1. The van der Waals surface area contributed by atoms with Crippen molar-refractivity contribution in [2.24, 2.45) is 0 Å². The Morgan fingerprint density at radius 3 is 2.68 bits per heavy atom. The molecule has 0 saturated heterocycles. The Morgan fingerprint density at radius 2 is 1.95 bits per heavy atom. The summed E-state index contributed by atoms with van der Waals surface area (Å²) in [4.78, 5) is 15.9. The lowest BCUT2D eigenvalue weighted by molar-refractivity contribution is 0.102. The molecule has 1 aromatic carbocycles. The van der Waals surface area contributed by atoms with Crippen molar-refractivity contribution in [2.45, 2.75) is 6.92 Å². The molecule has 0 unspecified atom stereocenters. The summed E-state index contributed by atoms with van der Waals surface area (Å²) in [5, 5.41) is 6.96. The van der Waals surface area contributed by atoms with Crippen LogP contribution in [0.1, 0.15) is 15.9 Å². The molecule has 110 valence electrons. The van der Waals surface area contributed by atoms with Crippen molar-refractivity contribution in [2.75, 3.05) is 5.32 Å². The highest BCUT2D eigenvalue weighted by molar-refractivity contribution is 6.04. The van der Waals surface area contributed by atoms with Gasteiger partial charge in [0.25, 0.3) is 5.91 Å². The number of hydrogen-bond acceptors (Lipinski definition) is 3. The molecule has 0 bridgehead atoms. The molecule has 1 amide bonds. The Kier molecular flexibility index (Phi) is 3.65. The number of nitrogens with zero attached hydrogens (tertiary/aromatic N) is 3. The van der Waals surface area contributed by atoms with Crippen LogP contribution in [0.3, 0.4) is 0 Å². The molecule has 3 aromatic rings. The Labute approximate surface area is 126 Å². The van der Waals surface area contributed by atoms with Crippen LogP contribution in [0.4, 0.5) is 10.2 Å². The maximum Gasteiger partial charge on any atom is 0.259 e. The highest BCUT2D eigenvalue weighted by Crippen LogP contribution is 2.20. The number of pyridine rings is 1. The van der Waals surface area contributed by atoms with E-state index in [1.54, 1.807) is 10.9 Å². The van der Waals surface area contributed by atoms with E-state index < -0.39 is 11.7 Å². The van der Waals surface area contributed by atoms with Crippen LogP contribution in [0.5, 0.6) is 0 Å². The van der Waals surface area contributed by atoms with Crippen LogP contribution >= 0.6 is 0 Å². The number of para-hydroxylation sites is 1. The molecule has 22 heavy (non-hydrogen) atoms. The van der Waals surface area contributed by atoms with Gasteiger partial charge in [-0.15, -0.1) is 0 Å². The lowest BCUT2D eigenvalue weighted by atomic mass is 10.2. The van der Waals surface area contributed by atoms with Gasteiger partial charge in [0.2, 0.25) is 0 Å². The Hall–Kier alpha value is -3.02. The summed E-state index contributed by atoms with van der Waals surface area (Å²) in [6.45, 7) is 1.82. The minimum atomic E-state index is -0.663. The number of nitrogens with one attached hydrogen (secondary N) is 1. The largest absolute Gasteiger partial charge is 0.306 e. The van der Waals surface area contributed by atoms with Gasteiger partial charge >= 0.3 is 0 Å². The predicted molar refractivity (Wildman–Crippen MR) is 80.4 cm³/mol. The van der Waals surface area contributed by atoms with Crippen LogP contribution in [0.25, 0.3) is 5.69 Å². The lowest BCUT2D eigenvalue weighted by Crippen LogP contribution is -2.17. The van der Waals surface area contributed by atoms with Gasteiger partial charge in [0, 0.05) is 11.8 Å². The molecule has 0 aliphatic rings. The van der Waals surface area contributed by atoms with Crippen LogP contribution in [0.15, 0.2) is 55.0 Å². The molecule has 0 saturated carbocycles. The molecule has 0 aliphatic carbocycles. The predicted octanol–water partition coefficient (Wildman–Crippen LogP) is 2.97. The van der Waals surface area contributed by atoms with Crippen LogP contribution in [0.2, 0.25) is 0 Å². The second-order valence-corrected chi connectivity index (χ2v) is 4.73. The maximum atomic E-state index is 13.6. The monoisotopic (exact) mass is 296 g/mol. The standard InChI is InChI=1S/C16H13FN4O/c1-11-9-19-21(12-5-3-2-4-6-12)15(11)20-16(22)13-7-8-18-10-14(13)17/h2-10H,1H3,(H,20,22). The zero-order chi connectivity index (χ0) is 15.5. The Morgan fingerprint density at radius 1 is 1.18 bits per heavy atom. The van der Waals surface area contributed by atoms with Crippen molar-refractivity contribution in [3.63, 3.8) is 0 Å². The number of hydrogen-bond donors (Lipinski definition) is 1. The van der Waals surface area contributed by atoms with Crippen molar-refractivity contribution in [3.05, 3.63) is 71.9 Å². The molecule has 2 heterocycles. The summed E-state index contributed by atoms with van der Waals surface area (Å²) >= 11 is 0. The lowest BCUT2D eigenvalue weighted by Gasteiger charge is -2.10. The molecule has 2 aromatic heterocycles. The summed E-state index contributed by atoms with van der Waals surface area (Å²) in [7, 11) is 0. The maximum absolute atomic E-state index is 13.6. The number of rotatable bonds is 3.